The predicted molar refractivity (Wildman–Crippen MR) is 75.4 cm³/mol. The normalized spacial score (nSPS) is 12.3. The summed E-state index contributed by atoms with van der Waals surface area (Å²) >= 11 is 0. The number of rotatable bonds is 5. The topological polar surface area (TPSA) is 38.9 Å². The Balaban J connectivity index is 1.84. The lowest BCUT2D eigenvalue weighted by Crippen LogP contribution is -2.23. The molecule has 0 bridgehead atoms. The van der Waals surface area contributed by atoms with Gasteiger partial charge in [-0.15, -0.1) is 0 Å². The molecule has 2 N–H and O–H groups in total. The van der Waals surface area contributed by atoms with Gasteiger partial charge in [-0.2, -0.15) is 0 Å². The molecule has 1 aromatic heterocycles. The fraction of sp³-hybridized carbons (Fsp3) is 0.312. The van der Waals surface area contributed by atoms with Gasteiger partial charge in [0.1, 0.15) is 0 Å². The summed E-state index contributed by atoms with van der Waals surface area (Å²) in [6.07, 6.45) is 6.66. The molecule has 0 spiro atoms. The highest BCUT2D eigenvalue weighted by atomic mass is 14.6. The minimum absolute atomic E-state index is 0.215. The van der Waals surface area contributed by atoms with E-state index in [2.05, 4.69) is 42.2 Å². The Bertz CT molecular complexity index is 479. The summed E-state index contributed by atoms with van der Waals surface area (Å²) in [5.74, 6) is 0. The van der Waals surface area contributed by atoms with Crippen LogP contribution in [0.15, 0.2) is 48.8 Å². The van der Waals surface area contributed by atoms with Crippen LogP contribution in [0.25, 0.3) is 0 Å². The van der Waals surface area contributed by atoms with E-state index >= 15 is 0 Å². The molecule has 1 heterocycles. The lowest BCUT2D eigenvalue weighted by molar-refractivity contribution is 0.609. The highest BCUT2D eigenvalue weighted by molar-refractivity contribution is 5.23. The van der Waals surface area contributed by atoms with Crippen LogP contribution in [-0.2, 0) is 12.8 Å². The molecule has 2 rings (SSSR count). The van der Waals surface area contributed by atoms with Gasteiger partial charge in [-0.3, -0.25) is 4.98 Å². The number of aryl methyl sites for hydroxylation is 2. The van der Waals surface area contributed by atoms with Gasteiger partial charge in [0.25, 0.3) is 0 Å². The van der Waals surface area contributed by atoms with Crippen molar-refractivity contribution in [1.82, 2.24) is 4.98 Å². The fourth-order valence-electron chi connectivity index (χ4n) is 2.14. The van der Waals surface area contributed by atoms with Crippen LogP contribution in [0.5, 0.6) is 0 Å². The lowest BCUT2D eigenvalue weighted by atomic mass is 9.99. The van der Waals surface area contributed by atoms with E-state index in [4.69, 9.17) is 5.73 Å². The van der Waals surface area contributed by atoms with Crippen molar-refractivity contribution in [2.45, 2.75) is 32.2 Å². The van der Waals surface area contributed by atoms with Crippen molar-refractivity contribution in [2.75, 3.05) is 0 Å². The molecular formula is C16H20N2. The molecule has 94 valence electrons. The maximum atomic E-state index is 6.18. The zero-order valence-corrected chi connectivity index (χ0v) is 10.8. The van der Waals surface area contributed by atoms with Gasteiger partial charge in [0.15, 0.2) is 0 Å². The fourth-order valence-corrected chi connectivity index (χ4v) is 2.14. The van der Waals surface area contributed by atoms with Crippen molar-refractivity contribution in [1.29, 1.82) is 0 Å². The van der Waals surface area contributed by atoms with Gasteiger partial charge < -0.3 is 5.73 Å². The third-order valence-corrected chi connectivity index (χ3v) is 3.11. The average Bonchev–Trinajstić information content (AvgIpc) is 2.38. The van der Waals surface area contributed by atoms with Crippen molar-refractivity contribution < 1.29 is 0 Å². The van der Waals surface area contributed by atoms with Crippen molar-refractivity contribution in [3.05, 3.63) is 65.5 Å². The number of hydrogen-bond donors (Lipinski definition) is 1. The summed E-state index contributed by atoms with van der Waals surface area (Å²) in [5, 5.41) is 0. The molecule has 1 aromatic carbocycles. The number of benzene rings is 1. The maximum Gasteiger partial charge on any atom is 0.0299 e. The second-order valence-corrected chi connectivity index (χ2v) is 4.85. The molecule has 1 unspecified atom stereocenters. The van der Waals surface area contributed by atoms with E-state index in [1.165, 1.54) is 16.7 Å². The monoisotopic (exact) mass is 240 g/mol. The van der Waals surface area contributed by atoms with E-state index < -0.39 is 0 Å². The second kappa shape index (κ2) is 6.31. The highest BCUT2D eigenvalue weighted by Gasteiger charge is 2.05. The zero-order chi connectivity index (χ0) is 12.8. The summed E-state index contributed by atoms with van der Waals surface area (Å²) in [4.78, 5) is 4.12. The van der Waals surface area contributed by atoms with Crippen molar-refractivity contribution in [3.8, 4) is 0 Å². The van der Waals surface area contributed by atoms with Gasteiger partial charge in [-0.25, -0.2) is 0 Å². The van der Waals surface area contributed by atoms with E-state index in [0.29, 0.717) is 0 Å². The van der Waals surface area contributed by atoms with Crippen LogP contribution in [-0.4, -0.2) is 11.0 Å². The van der Waals surface area contributed by atoms with E-state index in [0.717, 1.165) is 19.3 Å². The summed E-state index contributed by atoms with van der Waals surface area (Å²) in [6.45, 7) is 2.12. The number of aromatic nitrogens is 1. The molecule has 0 fully saturated rings. The quantitative estimate of drug-likeness (QED) is 0.872. The maximum absolute atomic E-state index is 6.18. The summed E-state index contributed by atoms with van der Waals surface area (Å²) in [7, 11) is 0. The van der Waals surface area contributed by atoms with Gasteiger partial charge in [0.05, 0.1) is 0 Å². The Morgan fingerprint density at radius 1 is 1.17 bits per heavy atom. The number of nitrogens with two attached hydrogens (primary N) is 1. The van der Waals surface area contributed by atoms with Crippen LogP contribution in [0.3, 0.4) is 0 Å². The summed E-state index contributed by atoms with van der Waals surface area (Å²) in [6, 6.07) is 12.9. The molecule has 2 nitrogen and oxygen atoms in total. The Morgan fingerprint density at radius 3 is 2.72 bits per heavy atom. The summed E-state index contributed by atoms with van der Waals surface area (Å²) in [5.41, 5.74) is 10.1. The first kappa shape index (κ1) is 12.8. The molecule has 2 aromatic rings. The Kier molecular flexibility index (Phi) is 4.48. The van der Waals surface area contributed by atoms with Crippen LogP contribution >= 0.6 is 0 Å². The van der Waals surface area contributed by atoms with E-state index in [1.807, 2.05) is 12.3 Å². The molecule has 0 saturated carbocycles. The Hall–Kier alpha value is -1.67. The highest BCUT2D eigenvalue weighted by Crippen LogP contribution is 2.09. The molecular weight excluding hydrogens is 220 g/mol. The Morgan fingerprint density at radius 2 is 2.00 bits per heavy atom. The van der Waals surface area contributed by atoms with Crippen LogP contribution < -0.4 is 5.73 Å². The zero-order valence-electron chi connectivity index (χ0n) is 10.8. The molecule has 0 aliphatic rings. The van der Waals surface area contributed by atoms with Crippen LogP contribution in [0.2, 0.25) is 0 Å². The van der Waals surface area contributed by atoms with Crippen molar-refractivity contribution >= 4 is 0 Å². The first-order chi connectivity index (χ1) is 8.74. The third kappa shape index (κ3) is 3.97. The molecule has 0 aliphatic carbocycles. The number of nitrogens with zero attached hydrogens (tertiary/aromatic N) is 1. The Labute approximate surface area is 109 Å². The van der Waals surface area contributed by atoms with Crippen molar-refractivity contribution in [3.63, 3.8) is 0 Å². The van der Waals surface area contributed by atoms with Gasteiger partial charge >= 0.3 is 0 Å². The van der Waals surface area contributed by atoms with Crippen molar-refractivity contribution in [2.24, 2.45) is 5.73 Å². The lowest BCUT2D eigenvalue weighted by Gasteiger charge is -2.12. The van der Waals surface area contributed by atoms with Crippen LogP contribution in [0.4, 0.5) is 0 Å². The van der Waals surface area contributed by atoms with Gasteiger partial charge in [-0.05, 0) is 43.4 Å². The van der Waals surface area contributed by atoms with Gasteiger partial charge in [0, 0.05) is 18.4 Å². The SMILES string of the molecule is Cc1cccc(CC(N)CCc2cccnc2)c1. The largest absolute Gasteiger partial charge is 0.327 e. The average molecular weight is 240 g/mol. The van der Waals surface area contributed by atoms with Gasteiger partial charge in [-0.1, -0.05) is 35.9 Å². The standard InChI is InChI=1S/C16H20N2/c1-13-4-2-5-15(10-13)11-16(17)8-7-14-6-3-9-18-12-14/h2-6,9-10,12,16H,7-8,11,17H2,1H3. The first-order valence-electron chi connectivity index (χ1n) is 6.44. The minimum Gasteiger partial charge on any atom is -0.327 e. The van der Waals surface area contributed by atoms with E-state index in [9.17, 15) is 0 Å². The molecule has 0 aliphatic heterocycles. The number of hydrogen-bond acceptors (Lipinski definition) is 2. The minimum atomic E-state index is 0.215. The van der Waals surface area contributed by atoms with E-state index in [1.54, 1.807) is 6.20 Å². The van der Waals surface area contributed by atoms with E-state index in [-0.39, 0.29) is 6.04 Å². The first-order valence-corrected chi connectivity index (χ1v) is 6.44. The molecule has 0 saturated heterocycles. The smallest absolute Gasteiger partial charge is 0.0299 e. The van der Waals surface area contributed by atoms with Gasteiger partial charge in [0.2, 0.25) is 0 Å². The summed E-state index contributed by atoms with van der Waals surface area (Å²) < 4.78 is 0. The molecule has 1 atom stereocenters. The predicted octanol–water partition coefficient (Wildman–Crippen LogP) is 2.89. The second-order valence-electron chi connectivity index (χ2n) is 4.85. The molecule has 2 heteroatoms. The molecule has 0 radical (unpaired) electrons. The van der Waals surface area contributed by atoms with Crippen LogP contribution in [0, 0.1) is 6.92 Å². The van der Waals surface area contributed by atoms with Crippen LogP contribution in [0.1, 0.15) is 23.1 Å². The number of pyridine rings is 1. The third-order valence-electron chi connectivity index (χ3n) is 3.11. The molecule has 0 amide bonds. The molecule has 18 heavy (non-hydrogen) atoms.